The third-order valence-electron chi connectivity index (χ3n) is 3.29. The Kier molecular flexibility index (Phi) is 3.70. The number of hydrogen-bond acceptors (Lipinski definition) is 3. The summed E-state index contributed by atoms with van der Waals surface area (Å²) in [6, 6.07) is 6.15. The average Bonchev–Trinajstić information content (AvgIpc) is 2.62. The van der Waals surface area contributed by atoms with Gasteiger partial charge in [-0.25, -0.2) is 4.68 Å². The van der Waals surface area contributed by atoms with Crippen LogP contribution in [0.25, 0.3) is 11.8 Å². The van der Waals surface area contributed by atoms with E-state index in [1.54, 1.807) is 0 Å². The van der Waals surface area contributed by atoms with E-state index in [-0.39, 0.29) is 0 Å². The first-order valence-corrected chi connectivity index (χ1v) is 6.35. The maximum Gasteiger partial charge on any atom is 0.235 e. The molecule has 0 saturated carbocycles. The van der Waals surface area contributed by atoms with Crippen LogP contribution in [0.4, 0.5) is 0 Å². The predicted molar refractivity (Wildman–Crippen MR) is 78.5 cm³/mol. The third kappa shape index (κ3) is 2.61. The van der Waals surface area contributed by atoms with Crippen LogP contribution < -0.4 is 0 Å². The second-order valence-electron chi connectivity index (χ2n) is 4.89. The molecule has 104 valence electrons. The highest BCUT2D eigenvalue weighted by Crippen LogP contribution is 2.22. The molecule has 0 radical (unpaired) electrons. The molecular formula is C15H17N3O2. The van der Waals surface area contributed by atoms with E-state index < -0.39 is 4.92 Å². The normalized spacial score (nSPS) is 11.2. The molecule has 1 aromatic heterocycles. The molecule has 5 nitrogen and oxygen atoms in total. The monoisotopic (exact) mass is 271 g/mol. The summed E-state index contributed by atoms with van der Waals surface area (Å²) in [5, 5.41) is 14.9. The first-order valence-electron chi connectivity index (χ1n) is 6.35. The number of hydrogen-bond donors (Lipinski definition) is 0. The van der Waals surface area contributed by atoms with Crippen molar-refractivity contribution in [2.45, 2.75) is 27.7 Å². The number of nitro groups is 1. The maximum atomic E-state index is 10.5. The van der Waals surface area contributed by atoms with Gasteiger partial charge in [0.25, 0.3) is 0 Å². The third-order valence-corrected chi connectivity index (χ3v) is 3.29. The molecule has 0 saturated heterocycles. The van der Waals surface area contributed by atoms with E-state index in [0.717, 1.165) is 34.4 Å². The van der Waals surface area contributed by atoms with Crippen LogP contribution in [0.15, 0.2) is 24.4 Å². The molecule has 0 N–H and O–H groups in total. The number of aryl methyl sites for hydroxylation is 3. The van der Waals surface area contributed by atoms with E-state index >= 15 is 0 Å². The van der Waals surface area contributed by atoms with Crippen LogP contribution in [0.3, 0.4) is 0 Å². The van der Waals surface area contributed by atoms with E-state index in [1.165, 1.54) is 11.6 Å². The Morgan fingerprint density at radius 3 is 2.55 bits per heavy atom. The lowest BCUT2D eigenvalue weighted by molar-refractivity contribution is -0.400. The van der Waals surface area contributed by atoms with Gasteiger partial charge < -0.3 is 0 Å². The summed E-state index contributed by atoms with van der Waals surface area (Å²) in [5.74, 6) is 0. The zero-order valence-electron chi connectivity index (χ0n) is 12.0. The van der Waals surface area contributed by atoms with Gasteiger partial charge in [0.05, 0.1) is 16.3 Å². The lowest BCUT2D eigenvalue weighted by atomic mass is 10.1. The Labute approximate surface area is 117 Å². The molecule has 20 heavy (non-hydrogen) atoms. The fourth-order valence-corrected chi connectivity index (χ4v) is 2.31. The molecule has 0 unspecified atom stereocenters. The molecule has 0 amide bonds. The first-order chi connectivity index (χ1) is 9.40. The largest absolute Gasteiger partial charge is 0.259 e. The Bertz CT molecular complexity index is 699. The molecule has 2 aromatic rings. The van der Waals surface area contributed by atoms with Crippen LogP contribution in [-0.4, -0.2) is 14.7 Å². The summed E-state index contributed by atoms with van der Waals surface area (Å²) in [6.45, 7) is 7.85. The number of benzene rings is 1. The Morgan fingerprint density at radius 2 is 1.95 bits per heavy atom. The van der Waals surface area contributed by atoms with Crippen LogP contribution >= 0.6 is 0 Å². The predicted octanol–water partition coefficient (Wildman–Crippen LogP) is 3.35. The Balaban J connectivity index is 2.54. The van der Waals surface area contributed by atoms with E-state index in [1.807, 2.05) is 44.5 Å². The van der Waals surface area contributed by atoms with Crippen molar-refractivity contribution >= 4 is 6.08 Å². The minimum atomic E-state index is -0.465. The van der Waals surface area contributed by atoms with Gasteiger partial charge in [-0.3, -0.25) is 10.1 Å². The molecule has 0 aliphatic rings. The second kappa shape index (κ2) is 5.28. The minimum absolute atomic E-state index is 0.465. The van der Waals surface area contributed by atoms with Crippen molar-refractivity contribution in [1.82, 2.24) is 9.78 Å². The van der Waals surface area contributed by atoms with Crippen molar-refractivity contribution in [3.05, 3.63) is 62.6 Å². The van der Waals surface area contributed by atoms with Gasteiger partial charge in [-0.05, 0) is 39.3 Å². The molecule has 0 atom stereocenters. The van der Waals surface area contributed by atoms with Gasteiger partial charge >= 0.3 is 0 Å². The van der Waals surface area contributed by atoms with Crippen molar-refractivity contribution in [1.29, 1.82) is 0 Å². The van der Waals surface area contributed by atoms with Crippen molar-refractivity contribution in [2.24, 2.45) is 0 Å². The van der Waals surface area contributed by atoms with Gasteiger partial charge in [-0.15, -0.1) is 0 Å². The zero-order chi connectivity index (χ0) is 14.9. The molecule has 1 aromatic carbocycles. The van der Waals surface area contributed by atoms with E-state index in [2.05, 4.69) is 11.2 Å². The van der Waals surface area contributed by atoms with Crippen LogP contribution in [0.5, 0.6) is 0 Å². The number of rotatable bonds is 3. The standard InChI is InChI=1S/C15H17N3O2/c1-10-5-6-15(11(2)9-10)18-13(4)14(12(3)16-18)7-8-17(19)20/h5-9H,1-4H3. The van der Waals surface area contributed by atoms with Gasteiger partial charge in [0.15, 0.2) is 0 Å². The number of nitrogens with zero attached hydrogens (tertiary/aromatic N) is 3. The molecule has 0 bridgehead atoms. The average molecular weight is 271 g/mol. The van der Waals surface area contributed by atoms with Crippen LogP contribution in [0, 0.1) is 37.8 Å². The highest BCUT2D eigenvalue weighted by molar-refractivity contribution is 5.56. The summed E-state index contributed by atoms with van der Waals surface area (Å²) in [6.07, 6.45) is 2.45. The molecule has 0 spiro atoms. The minimum Gasteiger partial charge on any atom is -0.259 e. The fourth-order valence-electron chi connectivity index (χ4n) is 2.31. The van der Waals surface area contributed by atoms with Gasteiger partial charge in [0.2, 0.25) is 6.20 Å². The summed E-state index contributed by atoms with van der Waals surface area (Å²) in [4.78, 5) is 9.99. The number of aromatic nitrogens is 2. The quantitative estimate of drug-likeness (QED) is 0.635. The lowest BCUT2D eigenvalue weighted by Gasteiger charge is -2.09. The summed E-state index contributed by atoms with van der Waals surface area (Å²) in [7, 11) is 0. The van der Waals surface area contributed by atoms with Gasteiger partial charge in [-0.2, -0.15) is 5.10 Å². The fraction of sp³-hybridized carbons (Fsp3) is 0.267. The van der Waals surface area contributed by atoms with E-state index in [0.29, 0.717) is 0 Å². The van der Waals surface area contributed by atoms with Crippen molar-refractivity contribution in [3.63, 3.8) is 0 Å². The highest BCUT2D eigenvalue weighted by atomic mass is 16.6. The zero-order valence-corrected chi connectivity index (χ0v) is 12.0. The summed E-state index contributed by atoms with van der Waals surface area (Å²) >= 11 is 0. The highest BCUT2D eigenvalue weighted by Gasteiger charge is 2.12. The van der Waals surface area contributed by atoms with Crippen LogP contribution in [-0.2, 0) is 0 Å². The smallest absolute Gasteiger partial charge is 0.235 e. The maximum absolute atomic E-state index is 10.5. The molecule has 0 aliphatic carbocycles. The molecule has 5 heteroatoms. The van der Waals surface area contributed by atoms with E-state index in [9.17, 15) is 10.1 Å². The van der Waals surface area contributed by atoms with Crippen molar-refractivity contribution in [2.75, 3.05) is 0 Å². The molecule has 2 rings (SSSR count). The van der Waals surface area contributed by atoms with Crippen molar-refractivity contribution in [3.8, 4) is 5.69 Å². The summed E-state index contributed by atoms with van der Waals surface area (Å²) in [5.41, 5.74) is 5.79. The van der Waals surface area contributed by atoms with E-state index in [4.69, 9.17) is 0 Å². The summed E-state index contributed by atoms with van der Waals surface area (Å²) < 4.78 is 1.84. The second-order valence-corrected chi connectivity index (χ2v) is 4.89. The topological polar surface area (TPSA) is 61.0 Å². The Morgan fingerprint density at radius 1 is 1.25 bits per heavy atom. The van der Waals surface area contributed by atoms with Gasteiger partial charge in [0, 0.05) is 17.3 Å². The van der Waals surface area contributed by atoms with Gasteiger partial charge in [-0.1, -0.05) is 17.7 Å². The van der Waals surface area contributed by atoms with Crippen LogP contribution in [0.2, 0.25) is 0 Å². The Hall–Kier alpha value is -2.43. The molecule has 0 fully saturated rings. The SMILES string of the molecule is Cc1ccc(-n2nc(C)c(C=C[N+](=O)[O-])c2C)c(C)c1. The van der Waals surface area contributed by atoms with Gasteiger partial charge in [0.1, 0.15) is 0 Å². The van der Waals surface area contributed by atoms with Crippen LogP contribution in [0.1, 0.15) is 28.1 Å². The van der Waals surface area contributed by atoms with Crippen molar-refractivity contribution < 1.29 is 4.92 Å². The first kappa shape index (κ1) is 14.0. The molecule has 1 heterocycles. The molecular weight excluding hydrogens is 254 g/mol. The molecule has 0 aliphatic heterocycles. The lowest BCUT2D eigenvalue weighted by Crippen LogP contribution is -2.01.